The van der Waals surface area contributed by atoms with E-state index in [4.69, 9.17) is 4.74 Å². The van der Waals surface area contributed by atoms with Gasteiger partial charge in [0.2, 0.25) is 5.88 Å². The van der Waals surface area contributed by atoms with E-state index in [1.165, 1.54) is 0 Å². The summed E-state index contributed by atoms with van der Waals surface area (Å²) in [7, 11) is 1.94. The van der Waals surface area contributed by atoms with Gasteiger partial charge in [0.05, 0.1) is 0 Å². The van der Waals surface area contributed by atoms with Crippen molar-refractivity contribution in [2.24, 2.45) is 0 Å². The molecule has 0 spiro atoms. The van der Waals surface area contributed by atoms with Crippen molar-refractivity contribution >= 4 is 6.29 Å². The van der Waals surface area contributed by atoms with Crippen LogP contribution < -0.4 is 10.1 Å². The maximum absolute atomic E-state index is 11.4. The predicted molar refractivity (Wildman–Crippen MR) is 89.7 cm³/mol. The first-order chi connectivity index (χ1) is 11.3. The number of pyridine rings is 1. The molecule has 2 atom stereocenters. The van der Waals surface area contributed by atoms with Gasteiger partial charge < -0.3 is 10.1 Å². The third-order valence-electron chi connectivity index (χ3n) is 4.16. The third kappa shape index (κ3) is 3.48. The Kier molecular flexibility index (Phi) is 4.83. The minimum Gasteiger partial charge on any atom is -0.473 e. The standard InChI is InChI=1S/C19H20N2O2/c1-20-17-8-7-15(11-17)18-16(12-22)9-10-21-19(18)23-13-14-5-3-2-4-6-14/h2-10,12,15,17,20H,11,13H2,1H3. The smallest absolute Gasteiger partial charge is 0.218 e. The fourth-order valence-electron chi connectivity index (χ4n) is 2.91. The van der Waals surface area contributed by atoms with Gasteiger partial charge in [0, 0.05) is 29.3 Å². The van der Waals surface area contributed by atoms with Gasteiger partial charge in [0.25, 0.3) is 0 Å². The Bertz CT molecular complexity index is 698. The molecule has 2 aromatic rings. The van der Waals surface area contributed by atoms with Crippen molar-refractivity contribution < 1.29 is 9.53 Å². The maximum atomic E-state index is 11.4. The Morgan fingerprint density at radius 3 is 2.78 bits per heavy atom. The largest absolute Gasteiger partial charge is 0.473 e. The van der Waals surface area contributed by atoms with E-state index in [1.54, 1.807) is 12.3 Å². The highest BCUT2D eigenvalue weighted by molar-refractivity contribution is 5.78. The molecule has 1 N–H and O–H groups in total. The van der Waals surface area contributed by atoms with Crippen LogP contribution in [-0.4, -0.2) is 24.4 Å². The molecule has 1 heterocycles. The second kappa shape index (κ2) is 7.20. The van der Waals surface area contributed by atoms with E-state index >= 15 is 0 Å². The molecule has 0 saturated heterocycles. The van der Waals surface area contributed by atoms with Gasteiger partial charge in [-0.25, -0.2) is 4.98 Å². The maximum Gasteiger partial charge on any atom is 0.218 e. The summed E-state index contributed by atoms with van der Waals surface area (Å²) in [5.74, 6) is 0.692. The Labute approximate surface area is 136 Å². The fraction of sp³-hybridized carbons (Fsp3) is 0.263. The molecular weight excluding hydrogens is 288 g/mol. The summed E-state index contributed by atoms with van der Waals surface area (Å²) in [5.41, 5.74) is 2.61. The molecule has 0 saturated carbocycles. The molecule has 0 bridgehead atoms. The van der Waals surface area contributed by atoms with E-state index in [0.717, 1.165) is 23.8 Å². The number of hydrogen-bond donors (Lipinski definition) is 1. The summed E-state index contributed by atoms with van der Waals surface area (Å²) < 4.78 is 5.92. The van der Waals surface area contributed by atoms with E-state index in [9.17, 15) is 4.79 Å². The predicted octanol–water partition coefficient (Wildman–Crippen LogP) is 3.10. The number of rotatable bonds is 6. The zero-order valence-electron chi connectivity index (χ0n) is 13.1. The average Bonchev–Trinajstić information content (AvgIpc) is 3.09. The highest BCUT2D eigenvalue weighted by atomic mass is 16.5. The minimum absolute atomic E-state index is 0.145. The average molecular weight is 308 g/mol. The molecule has 1 aliphatic rings. The summed E-state index contributed by atoms with van der Waals surface area (Å²) >= 11 is 0. The number of hydrogen-bond acceptors (Lipinski definition) is 4. The highest BCUT2D eigenvalue weighted by Gasteiger charge is 2.25. The minimum atomic E-state index is 0.145. The summed E-state index contributed by atoms with van der Waals surface area (Å²) in [6.07, 6.45) is 7.67. The SMILES string of the molecule is CNC1C=CC(c2c(C=O)ccnc2OCc2ccccc2)C1. The van der Waals surface area contributed by atoms with Crippen molar-refractivity contribution in [1.82, 2.24) is 10.3 Å². The van der Waals surface area contributed by atoms with Crippen LogP contribution in [0, 0.1) is 0 Å². The second-order valence-electron chi connectivity index (χ2n) is 5.63. The molecule has 0 radical (unpaired) electrons. The van der Waals surface area contributed by atoms with Gasteiger partial charge in [-0.1, -0.05) is 42.5 Å². The number of aldehydes is 1. The first kappa shape index (κ1) is 15.4. The number of ether oxygens (including phenoxy) is 1. The monoisotopic (exact) mass is 308 g/mol. The van der Waals surface area contributed by atoms with Gasteiger partial charge in [0.1, 0.15) is 6.61 Å². The van der Waals surface area contributed by atoms with Crippen molar-refractivity contribution in [2.45, 2.75) is 25.0 Å². The Balaban J connectivity index is 1.85. The van der Waals surface area contributed by atoms with Crippen molar-refractivity contribution in [3.05, 3.63) is 71.4 Å². The van der Waals surface area contributed by atoms with Crippen LogP contribution in [0.2, 0.25) is 0 Å². The fourth-order valence-corrected chi connectivity index (χ4v) is 2.91. The van der Waals surface area contributed by atoms with Crippen LogP contribution in [-0.2, 0) is 6.61 Å². The number of carbonyl (C=O) groups excluding carboxylic acids is 1. The van der Waals surface area contributed by atoms with Gasteiger partial charge in [-0.2, -0.15) is 0 Å². The molecular formula is C19H20N2O2. The van der Waals surface area contributed by atoms with Crippen molar-refractivity contribution in [3.63, 3.8) is 0 Å². The molecule has 2 unspecified atom stereocenters. The number of carbonyl (C=O) groups is 1. The van der Waals surface area contributed by atoms with Crippen molar-refractivity contribution in [3.8, 4) is 5.88 Å². The highest BCUT2D eigenvalue weighted by Crippen LogP contribution is 2.35. The van der Waals surface area contributed by atoms with Crippen LogP contribution in [0.1, 0.15) is 33.8 Å². The van der Waals surface area contributed by atoms with Crippen LogP contribution in [0.4, 0.5) is 0 Å². The van der Waals surface area contributed by atoms with E-state index in [0.29, 0.717) is 24.1 Å². The normalized spacial score (nSPS) is 19.7. The number of benzene rings is 1. The molecule has 1 aliphatic carbocycles. The number of nitrogens with zero attached hydrogens (tertiary/aromatic N) is 1. The molecule has 0 amide bonds. The summed E-state index contributed by atoms with van der Waals surface area (Å²) in [6.45, 7) is 0.440. The zero-order chi connectivity index (χ0) is 16.1. The van der Waals surface area contributed by atoms with E-state index in [-0.39, 0.29) is 5.92 Å². The van der Waals surface area contributed by atoms with E-state index in [2.05, 4.69) is 22.5 Å². The summed E-state index contributed by atoms with van der Waals surface area (Å²) in [4.78, 5) is 15.8. The van der Waals surface area contributed by atoms with Gasteiger partial charge in [-0.15, -0.1) is 0 Å². The Hall–Kier alpha value is -2.46. The third-order valence-corrected chi connectivity index (χ3v) is 4.16. The summed E-state index contributed by atoms with van der Waals surface area (Å²) in [5, 5.41) is 3.24. The molecule has 4 nitrogen and oxygen atoms in total. The van der Waals surface area contributed by atoms with Crippen molar-refractivity contribution in [1.29, 1.82) is 0 Å². The first-order valence-electron chi connectivity index (χ1n) is 7.78. The number of aromatic nitrogens is 1. The molecule has 1 aromatic carbocycles. The Morgan fingerprint density at radius 2 is 2.09 bits per heavy atom. The first-order valence-corrected chi connectivity index (χ1v) is 7.78. The molecule has 1 aromatic heterocycles. The van der Waals surface area contributed by atoms with Crippen LogP contribution in [0.25, 0.3) is 0 Å². The number of nitrogens with one attached hydrogen (secondary N) is 1. The lowest BCUT2D eigenvalue weighted by molar-refractivity contribution is 0.112. The van der Waals surface area contributed by atoms with Gasteiger partial charge in [-0.05, 0) is 25.1 Å². The van der Waals surface area contributed by atoms with Crippen LogP contribution >= 0.6 is 0 Å². The second-order valence-corrected chi connectivity index (χ2v) is 5.63. The van der Waals surface area contributed by atoms with Gasteiger partial charge in [0.15, 0.2) is 6.29 Å². The molecule has 23 heavy (non-hydrogen) atoms. The van der Waals surface area contributed by atoms with E-state index < -0.39 is 0 Å². The van der Waals surface area contributed by atoms with Gasteiger partial charge in [-0.3, -0.25) is 4.79 Å². The zero-order valence-corrected chi connectivity index (χ0v) is 13.1. The quantitative estimate of drug-likeness (QED) is 0.658. The topological polar surface area (TPSA) is 51.2 Å². The lowest BCUT2D eigenvalue weighted by Gasteiger charge is -2.17. The molecule has 0 fully saturated rings. The molecule has 118 valence electrons. The lowest BCUT2D eigenvalue weighted by atomic mass is 9.94. The lowest BCUT2D eigenvalue weighted by Crippen LogP contribution is -2.21. The van der Waals surface area contributed by atoms with Crippen LogP contribution in [0.3, 0.4) is 0 Å². The number of likely N-dealkylation sites (N-methyl/N-ethyl adjacent to an activating group) is 1. The Morgan fingerprint density at radius 1 is 1.26 bits per heavy atom. The van der Waals surface area contributed by atoms with Crippen molar-refractivity contribution in [2.75, 3.05) is 7.05 Å². The van der Waals surface area contributed by atoms with Gasteiger partial charge >= 0.3 is 0 Å². The van der Waals surface area contributed by atoms with E-state index in [1.807, 2.05) is 37.4 Å². The molecule has 0 aliphatic heterocycles. The summed E-state index contributed by atoms with van der Waals surface area (Å²) in [6, 6.07) is 12.0. The van der Waals surface area contributed by atoms with Crippen LogP contribution in [0.5, 0.6) is 5.88 Å². The molecule has 4 heteroatoms. The molecule has 3 rings (SSSR count). The van der Waals surface area contributed by atoms with Crippen LogP contribution in [0.15, 0.2) is 54.7 Å². The number of allylic oxidation sites excluding steroid dienone is 1.